The van der Waals surface area contributed by atoms with Crippen molar-refractivity contribution < 1.29 is 44.3 Å². The third kappa shape index (κ3) is 5.00. The number of rotatable bonds is 3. The number of alkyl halides is 9. The molecule has 0 aliphatic heterocycles. The third-order valence-electron chi connectivity index (χ3n) is 4.67. The van der Waals surface area contributed by atoms with E-state index in [0.717, 1.165) is 23.5 Å². The van der Waals surface area contributed by atoms with E-state index < -0.39 is 57.7 Å². The third-order valence-corrected chi connectivity index (χ3v) is 5.60. The smallest absolute Gasteiger partial charge is 0.390 e. The summed E-state index contributed by atoms with van der Waals surface area (Å²) in [5, 5.41) is -0.254. The fourth-order valence-corrected chi connectivity index (χ4v) is 4.17. The Morgan fingerprint density at radius 1 is 0.788 bits per heavy atom. The van der Waals surface area contributed by atoms with Gasteiger partial charge >= 0.3 is 18.5 Å². The minimum atomic E-state index is -5.13. The molecule has 2 nitrogen and oxygen atoms in total. The molecule has 0 radical (unpaired) electrons. The van der Waals surface area contributed by atoms with Crippen LogP contribution in [0, 0.1) is 6.92 Å². The van der Waals surface area contributed by atoms with Crippen molar-refractivity contribution in [3.63, 3.8) is 0 Å². The Morgan fingerprint density at radius 2 is 1.30 bits per heavy atom. The van der Waals surface area contributed by atoms with Gasteiger partial charge in [-0.2, -0.15) is 39.5 Å². The number of thiophene rings is 1. The summed E-state index contributed by atoms with van der Waals surface area (Å²) in [5.41, 5.74) is -0.375. The van der Waals surface area contributed by atoms with Crippen LogP contribution in [0.2, 0.25) is 0 Å². The van der Waals surface area contributed by atoms with Crippen LogP contribution in [-0.2, 0) is 18.5 Å². The summed E-state index contributed by atoms with van der Waals surface area (Å²) in [6.07, 6.45) is -15.0. The van der Waals surface area contributed by atoms with Crippen LogP contribution in [-0.4, -0.2) is 5.78 Å². The van der Waals surface area contributed by atoms with Crippen LogP contribution in [0.5, 0.6) is 0 Å². The number of halogens is 9. The summed E-state index contributed by atoms with van der Waals surface area (Å²) in [6, 6.07) is 4.05. The van der Waals surface area contributed by atoms with E-state index in [2.05, 4.69) is 0 Å². The van der Waals surface area contributed by atoms with Gasteiger partial charge in [0, 0.05) is 16.0 Å². The molecule has 0 aliphatic carbocycles. The Bertz CT molecular complexity index is 1190. The Morgan fingerprint density at radius 3 is 1.79 bits per heavy atom. The van der Waals surface area contributed by atoms with E-state index in [4.69, 9.17) is 5.73 Å². The Kier molecular flexibility index (Phi) is 6.03. The van der Waals surface area contributed by atoms with Gasteiger partial charge in [-0.05, 0) is 42.8 Å². The first-order valence-electron chi connectivity index (χ1n) is 8.91. The molecule has 3 aromatic rings. The van der Waals surface area contributed by atoms with Gasteiger partial charge < -0.3 is 5.73 Å². The molecule has 33 heavy (non-hydrogen) atoms. The number of aryl methyl sites for hydroxylation is 1. The average molecular weight is 497 g/mol. The molecule has 0 unspecified atom stereocenters. The van der Waals surface area contributed by atoms with Crippen LogP contribution >= 0.6 is 11.3 Å². The monoisotopic (exact) mass is 497 g/mol. The molecule has 12 heteroatoms. The maximum absolute atomic E-state index is 13.3. The van der Waals surface area contributed by atoms with Crippen LogP contribution in [0.1, 0.15) is 37.5 Å². The molecule has 3 rings (SSSR count). The van der Waals surface area contributed by atoms with Crippen molar-refractivity contribution in [2.45, 2.75) is 25.5 Å². The standard InChI is InChI=1S/C21H12F9NOS/c1-9-15(11-6-13(20(25,26)27)8-14(7-11)21(28,29)30)16(18(31)33-9)17(32)10-3-2-4-12(5-10)19(22,23)24/h2-8H,31H2,1H3. The molecular formula is C21H12F9NOS. The maximum atomic E-state index is 13.3. The van der Waals surface area contributed by atoms with Crippen LogP contribution < -0.4 is 5.73 Å². The molecule has 0 fully saturated rings. The molecular weight excluding hydrogens is 485 g/mol. The number of hydrogen-bond donors (Lipinski definition) is 1. The maximum Gasteiger partial charge on any atom is 0.416 e. The van der Waals surface area contributed by atoms with Gasteiger partial charge in [0.15, 0.2) is 5.78 Å². The molecule has 0 atom stereocenters. The van der Waals surface area contributed by atoms with Crippen molar-refractivity contribution in [3.05, 3.63) is 75.2 Å². The van der Waals surface area contributed by atoms with E-state index in [9.17, 15) is 44.3 Å². The lowest BCUT2D eigenvalue weighted by atomic mass is 9.92. The lowest BCUT2D eigenvalue weighted by molar-refractivity contribution is -0.143. The second-order valence-corrected chi connectivity index (χ2v) is 8.23. The van der Waals surface area contributed by atoms with Gasteiger partial charge in [-0.15, -0.1) is 11.3 Å². The second-order valence-electron chi connectivity index (χ2n) is 6.97. The van der Waals surface area contributed by atoms with Gasteiger partial charge in [0.25, 0.3) is 0 Å². The van der Waals surface area contributed by atoms with Crippen molar-refractivity contribution in [1.82, 2.24) is 0 Å². The first-order chi connectivity index (χ1) is 15.0. The number of hydrogen-bond acceptors (Lipinski definition) is 3. The van der Waals surface area contributed by atoms with E-state index in [1.54, 1.807) is 0 Å². The minimum absolute atomic E-state index is 0.0666. The van der Waals surface area contributed by atoms with Crippen LogP contribution in [0.4, 0.5) is 44.5 Å². The first-order valence-corrected chi connectivity index (χ1v) is 9.72. The van der Waals surface area contributed by atoms with Crippen molar-refractivity contribution >= 4 is 22.1 Å². The molecule has 2 aromatic carbocycles. The lowest BCUT2D eigenvalue weighted by Crippen LogP contribution is -2.12. The number of carbonyl (C=O) groups is 1. The zero-order chi connectivity index (χ0) is 24.9. The van der Waals surface area contributed by atoms with Gasteiger partial charge in [0.2, 0.25) is 0 Å². The van der Waals surface area contributed by atoms with Gasteiger partial charge in [-0.3, -0.25) is 4.79 Å². The van der Waals surface area contributed by atoms with Gasteiger partial charge in [0.1, 0.15) is 0 Å². The summed E-state index contributed by atoms with van der Waals surface area (Å²) >= 11 is 0.722. The number of carbonyl (C=O) groups excluding carboxylic acids is 1. The molecule has 0 aliphatic rings. The highest BCUT2D eigenvalue weighted by atomic mass is 32.1. The van der Waals surface area contributed by atoms with E-state index in [0.29, 0.717) is 24.3 Å². The number of benzene rings is 2. The molecule has 2 N–H and O–H groups in total. The zero-order valence-electron chi connectivity index (χ0n) is 16.3. The number of ketones is 1. The molecule has 0 saturated heterocycles. The van der Waals surface area contributed by atoms with E-state index in [1.165, 1.54) is 6.92 Å². The fourth-order valence-electron chi connectivity index (χ4n) is 3.22. The van der Waals surface area contributed by atoms with Crippen LogP contribution in [0.3, 0.4) is 0 Å². The molecule has 1 aromatic heterocycles. The molecule has 0 bridgehead atoms. The van der Waals surface area contributed by atoms with Gasteiger partial charge in [-0.25, -0.2) is 0 Å². The van der Waals surface area contributed by atoms with Crippen LogP contribution in [0.25, 0.3) is 11.1 Å². The van der Waals surface area contributed by atoms with Crippen molar-refractivity contribution in [2.24, 2.45) is 0 Å². The number of nitrogens with two attached hydrogens (primary N) is 1. The van der Waals surface area contributed by atoms with Crippen LogP contribution in [0.15, 0.2) is 42.5 Å². The lowest BCUT2D eigenvalue weighted by Gasteiger charge is -2.15. The predicted octanol–water partition coefficient (Wildman–Crippen LogP) is 7.59. The fraction of sp³-hybridized carbons (Fsp3) is 0.190. The Balaban J connectivity index is 2.26. The SMILES string of the molecule is Cc1sc(N)c(C(=O)c2cccc(C(F)(F)F)c2)c1-c1cc(C(F)(F)F)cc(C(F)(F)F)c1. The zero-order valence-corrected chi connectivity index (χ0v) is 17.2. The normalized spacial score (nSPS) is 12.8. The molecule has 1 heterocycles. The summed E-state index contributed by atoms with van der Waals surface area (Å²) in [5.74, 6) is -1.07. The largest absolute Gasteiger partial charge is 0.416 e. The quantitative estimate of drug-likeness (QED) is 0.299. The second kappa shape index (κ2) is 8.08. The molecule has 0 amide bonds. The summed E-state index contributed by atoms with van der Waals surface area (Å²) < 4.78 is 119. The van der Waals surface area contributed by atoms with Crippen molar-refractivity contribution in [1.29, 1.82) is 0 Å². The van der Waals surface area contributed by atoms with E-state index in [1.807, 2.05) is 0 Å². The average Bonchev–Trinajstić information content (AvgIpc) is 2.99. The highest BCUT2D eigenvalue weighted by Gasteiger charge is 2.38. The van der Waals surface area contributed by atoms with Gasteiger partial charge in [0.05, 0.1) is 27.3 Å². The Labute approximate surface area is 184 Å². The highest BCUT2D eigenvalue weighted by molar-refractivity contribution is 7.16. The number of anilines is 1. The van der Waals surface area contributed by atoms with Gasteiger partial charge in [-0.1, -0.05) is 12.1 Å². The Hall–Kier alpha value is -3.02. The molecule has 0 saturated carbocycles. The van der Waals surface area contributed by atoms with E-state index >= 15 is 0 Å². The first kappa shape index (κ1) is 24.6. The van der Waals surface area contributed by atoms with E-state index in [-0.39, 0.29) is 21.5 Å². The highest BCUT2D eigenvalue weighted by Crippen LogP contribution is 2.44. The predicted molar refractivity (Wildman–Crippen MR) is 104 cm³/mol. The summed E-state index contributed by atoms with van der Waals surface area (Å²) in [7, 11) is 0. The van der Waals surface area contributed by atoms with Crippen molar-refractivity contribution in [3.8, 4) is 11.1 Å². The molecule has 176 valence electrons. The minimum Gasteiger partial charge on any atom is -0.390 e. The van der Waals surface area contributed by atoms with Crippen molar-refractivity contribution in [2.75, 3.05) is 5.73 Å². The summed E-state index contributed by atoms with van der Waals surface area (Å²) in [6.45, 7) is 1.33. The number of nitrogen functional groups attached to an aromatic ring is 1. The summed E-state index contributed by atoms with van der Waals surface area (Å²) in [4.78, 5) is 13.2. The molecule has 0 spiro atoms. The topological polar surface area (TPSA) is 43.1 Å².